The van der Waals surface area contributed by atoms with E-state index >= 15 is 0 Å². The lowest BCUT2D eigenvalue weighted by Crippen LogP contribution is -2.02. The van der Waals surface area contributed by atoms with Crippen molar-refractivity contribution >= 4 is 28.0 Å². The first-order valence-corrected chi connectivity index (χ1v) is 7.75. The first-order chi connectivity index (χ1) is 10.3. The molecule has 0 aliphatic rings. The molecule has 3 nitrogen and oxygen atoms in total. The van der Waals surface area contributed by atoms with Crippen LogP contribution >= 0.6 is 11.3 Å². The fourth-order valence-electron chi connectivity index (χ4n) is 2.12. The quantitative estimate of drug-likeness (QED) is 0.502. The predicted molar refractivity (Wildman–Crippen MR) is 85.1 cm³/mol. The Kier molecular flexibility index (Phi) is 4.26. The van der Waals surface area contributed by atoms with Crippen LogP contribution in [0.3, 0.4) is 0 Å². The Bertz CT molecular complexity index is 737. The molecule has 0 unspecified atom stereocenters. The van der Waals surface area contributed by atoms with Gasteiger partial charge in [0.25, 0.3) is 0 Å². The van der Waals surface area contributed by atoms with Crippen molar-refractivity contribution in [2.24, 2.45) is 0 Å². The molecule has 0 N–H and O–H groups in total. The third kappa shape index (κ3) is 3.47. The Morgan fingerprint density at radius 2 is 2.14 bits per heavy atom. The summed E-state index contributed by atoms with van der Waals surface area (Å²) in [4.78, 5) is 17.0. The average molecular weight is 297 g/mol. The molecule has 0 aliphatic heterocycles. The maximum Gasteiger partial charge on any atom is 0.172 e. The standard InChI is InChI=1S/C17H15NO2S/c19-16(17-6-3-11-21-17)5-2-10-20-14-8-7-13-4-1-9-18-15(13)12-14/h1,3-4,6-9,11-12H,2,5,10H2. The predicted octanol–water partition coefficient (Wildman–Crippen LogP) is 4.34. The van der Waals surface area contributed by atoms with Gasteiger partial charge in [-0.15, -0.1) is 11.3 Å². The second-order valence-corrected chi connectivity index (χ2v) is 5.66. The van der Waals surface area contributed by atoms with E-state index in [1.165, 1.54) is 11.3 Å². The molecule has 0 spiro atoms. The Morgan fingerprint density at radius 1 is 1.19 bits per heavy atom. The van der Waals surface area contributed by atoms with Crippen molar-refractivity contribution < 1.29 is 9.53 Å². The molecule has 0 radical (unpaired) electrons. The number of benzene rings is 1. The molecule has 0 amide bonds. The average Bonchev–Trinajstić information content (AvgIpc) is 3.06. The lowest BCUT2D eigenvalue weighted by molar-refractivity contribution is 0.0977. The number of pyridine rings is 1. The summed E-state index contributed by atoms with van der Waals surface area (Å²) in [5, 5.41) is 3.02. The molecule has 21 heavy (non-hydrogen) atoms. The Labute approximate surface area is 127 Å². The van der Waals surface area contributed by atoms with Crippen molar-refractivity contribution in [1.29, 1.82) is 0 Å². The van der Waals surface area contributed by atoms with E-state index in [0.29, 0.717) is 13.0 Å². The first-order valence-electron chi connectivity index (χ1n) is 6.87. The number of hydrogen-bond acceptors (Lipinski definition) is 4. The van der Waals surface area contributed by atoms with Crippen LogP contribution in [0.25, 0.3) is 10.9 Å². The van der Waals surface area contributed by atoms with E-state index < -0.39 is 0 Å². The van der Waals surface area contributed by atoms with E-state index in [4.69, 9.17) is 4.74 Å². The van der Waals surface area contributed by atoms with Gasteiger partial charge in [0.15, 0.2) is 5.78 Å². The second kappa shape index (κ2) is 6.50. The van der Waals surface area contributed by atoms with E-state index in [1.54, 1.807) is 6.20 Å². The Balaban J connectivity index is 1.51. The number of ether oxygens (including phenoxy) is 1. The normalized spacial score (nSPS) is 10.7. The minimum Gasteiger partial charge on any atom is -0.494 e. The smallest absolute Gasteiger partial charge is 0.172 e. The van der Waals surface area contributed by atoms with Gasteiger partial charge in [0.2, 0.25) is 0 Å². The van der Waals surface area contributed by atoms with Gasteiger partial charge in [-0.1, -0.05) is 12.1 Å². The molecule has 0 bridgehead atoms. The highest BCUT2D eigenvalue weighted by Gasteiger charge is 2.06. The highest BCUT2D eigenvalue weighted by atomic mass is 32.1. The van der Waals surface area contributed by atoms with E-state index in [2.05, 4.69) is 4.98 Å². The summed E-state index contributed by atoms with van der Waals surface area (Å²) in [6.45, 7) is 0.537. The van der Waals surface area contributed by atoms with Gasteiger partial charge in [-0.25, -0.2) is 0 Å². The van der Waals surface area contributed by atoms with Gasteiger partial charge < -0.3 is 4.74 Å². The maximum atomic E-state index is 11.8. The zero-order valence-electron chi connectivity index (χ0n) is 11.5. The Morgan fingerprint density at radius 3 is 3.00 bits per heavy atom. The second-order valence-electron chi connectivity index (χ2n) is 4.71. The van der Waals surface area contributed by atoms with Gasteiger partial charge in [0, 0.05) is 24.1 Å². The molecule has 3 aromatic rings. The summed E-state index contributed by atoms with van der Waals surface area (Å²) in [5.74, 6) is 0.985. The van der Waals surface area contributed by atoms with Crippen LogP contribution in [0.1, 0.15) is 22.5 Å². The fraction of sp³-hybridized carbons (Fsp3) is 0.176. The number of fused-ring (bicyclic) bond motifs is 1. The molecule has 0 saturated carbocycles. The molecule has 0 saturated heterocycles. The van der Waals surface area contributed by atoms with Gasteiger partial charge in [0.1, 0.15) is 5.75 Å². The fourth-order valence-corrected chi connectivity index (χ4v) is 2.81. The van der Waals surface area contributed by atoms with Crippen LogP contribution in [-0.4, -0.2) is 17.4 Å². The molecule has 106 valence electrons. The minimum atomic E-state index is 0.189. The van der Waals surface area contributed by atoms with Crippen LogP contribution in [0.5, 0.6) is 5.75 Å². The molecule has 2 heterocycles. The number of thiophene rings is 1. The number of aromatic nitrogens is 1. The molecule has 1 aromatic carbocycles. The summed E-state index contributed by atoms with van der Waals surface area (Å²) in [6.07, 6.45) is 3.01. The monoisotopic (exact) mass is 297 g/mol. The summed E-state index contributed by atoms with van der Waals surface area (Å²) < 4.78 is 5.69. The third-order valence-corrected chi connectivity index (χ3v) is 4.10. The number of carbonyl (C=O) groups excluding carboxylic acids is 1. The van der Waals surface area contributed by atoms with E-state index in [-0.39, 0.29) is 5.78 Å². The SMILES string of the molecule is O=C(CCCOc1ccc2cccnc2c1)c1cccs1. The van der Waals surface area contributed by atoms with E-state index in [1.807, 2.05) is 47.8 Å². The number of carbonyl (C=O) groups is 1. The van der Waals surface area contributed by atoms with Crippen LogP contribution in [0, 0.1) is 0 Å². The molecule has 0 aliphatic carbocycles. The van der Waals surface area contributed by atoms with Crippen molar-refractivity contribution in [3.8, 4) is 5.75 Å². The van der Waals surface area contributed by atoms with Crippen molar-refractivity contribution in [3.63, 3.8) is 0 Å². The van der Waals surface area contributed by atoms with Crippen molar-refractivity contribution in [2.75, 3.05) is 6.61 Å². The van der Waals surface area contributed by atoms with Crippen molar-refractivity contribution in [3.05, 3.63) is 58.9 Å². The summed E-state index contributed by atoms with van der Waals surface area (Å²) in [5.41, 5.74) is 0.921. The molecule has 0 fully saturated rings. The van der Waals surface area contributed by atoms with Crippen LogP contribution in [-0.2, 0) is 0 Å². The molecule has 3 rings (SSSR count). The van der Waals surface area contributed by atoms with Gasteiger partial charge >= 0.3 is 0 Å². The minimum absolute atomic E-state index is 0.189. The highest BCUT2D eigenvalue weighted by molar-refractivity contribution is 7.12. The number of ketones is 1. The molecule has 2 aromatic heterocycles. The number of nitrogens with zero attached hydrogens (tertiary/aromatic N) is 1. The maximum absolute atomic E-state index is 11.8. The van der Waals surface area contributed by atoms with Gasteiger partial charge in [-0.2, -0.15) is 0 Å². The third-order valence-electron chi connectivity index (χ3n) is 3.19. The summed E-state index contributed by atoms with van der Waals surface area (Å²) in [6, 6.07) is 13.6. The molecular formula is C17H15NO2S. The highest BCUT2D eigenvalue weighted by Crippen LogP contribution is 2.19. The van der Waals surface area contributed by atoms with Gasteiger partial charge in [-0.3, -0.25) is 9.78 Å². The lowest BCUT2D eigenvalue weighted by Gasteiger charge is -2.06. The molecule has 0 atom stereocenters. The van der Waals surface area contributed by atoms with Crippen LogP contribution in [0.15, 0.2) is 54.0 Å². The number of rotatable bonds is 6. The van der Waals surface area contributed by atoms with Crippen LogP contribution < -0.4 is 4.74 Å². The number of hydrogen-bond donors (Lipinski definition) is 0. The number of Topliss-reactive ketones (excluding diaryl/α,β-unsaturated/α-hetero) is 1. The first kappa shape index (κ1) is 13.8. The topological polar surface area (TPSA) is 39.2 Å². The van der Waals surface area contributed by atoms with Crippen molar-refractivity contribution in [1.82, 2.24) is 4.98 Å². The van der Waals surface area contributed by atoms with Gasteiger partial charge in [0.05, 0.1) is 17.0 Å². The summed E-state index contributed by atoms with van der Waals surface area (Å²) in [7, 11) is 0. The van der Waals surface area contributed by atoms with Crippen molar-refractivity contribution in [2.45, 2.75) is 12.8 Å². The lowest BCUT2D eigenvalue weighted by atomic mass is 10.2. The zero-order chi connectivity index (χ0) is 14.5. The zero-order valence-corrected chi connectivity index (χ0v) is 12.3. The molecule has 4 heteroatoms. The molecular weight excluding hydrogens is 282 g/mol. The summed E-state index contributed by atoms with van der Waals surface area (Å²) >= 11 is 1.49. The van der Waals surface area contributed by atoms with E-state index in [9.17, 15) is 4.79 Å². The largest absolute Gasteiger partial charge is 0.494 e. The Hall–Kier alpha value is -2.20. The van der Waals surface area contributed by atoms with Gasteiger partial charge in [-0.05, 0) is 36.1 Å². The van der Waals surface area contributed by atoms with E-state index in [0.717, 1.165) is 28.0 Å². The van der Waals surface area contributed by atoms with Crippen LogP contribution in [0.4, 0.5) is 0 Å². The van der Waals surface area contributed by atoms with Crippen LogP contribution in [0.2, 0.25) is 0 Å².